The molecule has 3 N–H and O–H groups in total. The summed E-state index contributed by atoms with van der Waals surface area (Å²) in [6.07, 6.45) is 0.201. The smallest absolute Gasteiger partial charge is 0.251 e. The molecular weight excluding hydrogens is 402 g/mol. The predicted octanol–water partition coefficient (Wildman–Crippen LogP) is 4.03. The molecule has 150 valence electrons. The molecule has 0 aromatic heterocycles. The third kappa shape index (κ3) is 5.60. The number of halogens is 1. The maximum Gasteiger partial charge on any atom is 0.251 e. The van der Waals surface area contributed by atoms with Crippen molar-refractivity contribution in [1.82, 2.24) is 5.32 Å². The highest BCUT2D eigenvalue weighted by molar-refractivity contribution is 6.31. The lowest BCUT2D eigenvalue weighted by atomic mass is 10.1. The van der Waals surface area contributed by atoms with Gasteiger partial charge in [0.15, 0.2) is 0 Å². The zero-order valence-corrected chi connectivity index (χ0v) is 16.6. The van der Waals surface area contributed by atoms with Crippen LogP contribution in [0.2, 0.25) is 5.02 Å². The molecule has 0 aliphatic carbocycles. The van der Waals surface area contributed by atoms with E-state index in [1.165, 1.54) is 18.2 Å². The van der Waals surface area contributed by atoms with Crippen molar-refractivity contribution in [3.63, 3.8) is 0 Å². The Labute approximate surface area is 178 Å². The van der Waals surface area contributed by atoms with Crippen molar-refractivity contribution in [2.75, 3.05) is 5.32 Å². The van der Waals surface area contributed by atoms with E-state index in [4.69, 9.17) is 16.9 Å². The lowest BCUT2D eigenvalue weighted by molar-refractivity contribution is -0.115. The highest BCUT2D eigenvalue weighted by atomic mass is 35.5. The number of rotatable bonds is 6. The average Bonchev–Trinajstić information content (AvgIpc) is 2.72. The van der Waals surface area contributed by atoms with E-state index in [0.717, 1.165) is 5.56 Å². The van der Waals surface area contributed by atoms with Crippen LogP contribution < -0.4 is 10.6 Å². The molecule has 3 aromatic carbocycles. The molecule has 0 aliphatic heterocycles. The van der Waals surface area contributed by atoms with Gasteiger partial charge in [0.2, 0.25) is 5.91 Å². The van der Waals surface area contributed by atoms with Crippen molar-refractivity contribution in [2.45, 2.75) is 13.0 Å². The Kier molecular flexibility index (Phi) is 6.68. The van der Waals surface area contributed by atoms with Gasteiger partial charge >= 0.3 is 0 Å². The summed E-state index contributed by atoms with van der Waals surface area (Å²) in [7, 11) is 0. The Bertz CT molecular complexity index is 1120. The number of nitrogens with zero attached hydrogens (tertiary/aromatic N) is 1. The number of amides is 2. The van der Waals surface area contributed by atoms with Crippen LogP contribution in [-0.4, -0.2) is 16.9 Å². The lowest BCUT2D eigenvalue weighted by Crippen LogP contribution is -2.23. The van der Waals surface area contributed by atoms with Crippen LogP contribution in [0.1, 0.15) is 27.0 Å². The fourth-order valence-corrected chi connectivity index (χ4v) is 3.07. The molecule has 0 unspecified atom stereocenters. The van der Waals surface area contributed by atoms with Gasteiger partial charge in [-0.3, -0.25) is 9.59 Å². The topological polar surface area (TPSA) is 102 Å². The van der Waals surface area contributed by atoms with E-state index >= 15 is 0 Å². The largest absolute Gasteiger partial charge is 0.508 e. The van der Waals surface area contributed by atoms with Crippen molar-refractivity contribution >= 4 is 29.1 Å². The fourth-order valence-electron chi connectivity index (χ4n) is 2.84. The Hall–Kier alpha value is -3.82. The van der Waals surface area contributed by atoms with Gasteiger partial charge in [-0.15, -0.1) is 0 Å². The Balaban J connectivity index is 1.66. The van der Waals surface area contributed by atoms with Gasteiger partial charge in [-0.05, 0) is 35.9 Å². The maximum atomic E-state index is 12.5. The number of carbonyl (C=O) groups is 2. The van der Waals surface area contributed by atoms with Crippen molar-refractivity contribution in [3.05, 3.63) is 94.0 Å². The molecular formula is C23H18ClN3O3. The van der Waals surface area contributed by atoms with Gasteiger partial charge in [-0.2, -0.15) is 5.26 Å². The summed E-state index contributed by atoms with van der Waals surface area (Å²) in [6, 6.07) is 20.3. The molecule has 0 spiro atoms. The molecule has 0 saturated carbocycles. The molecule has 0 fully saturated rings. The quantitative estimate of drug-likeness (QED) is 0.561. The number of aromatic hydroxyl groups is 1. The summed E-state index contributed by atoms with van der Waals surface area (Å²) in [6.45, 7) is 0.0680. The van der Waals surface area contributed by atoms with Crippen LogP contribution in [0.25, 0.3) is 0 Å². The van der Waals surface area contributed by atoms with Crippen molar-refractivity contribution in [2.24, 2.45) is 0 Å². The Morgan fingerprint density at radius 2 is 1.80 bits per heavy atom. The van der Waals surface area contributed by atoms with Gasteiger partial charge in [-0.25, -0.2) is 0 Å². The average molecular weight is 420 g/mol. The minimum atomic E-state index is -0.417. The number of nitriles is 1. The molecule has 0 saturated heterocycles. The fraction of sp³-hybridized carbons (Fsp3) is 0.0870. The first-order valence-corrected chi connectivity index (χ1v) is 9.47. The van der Waals surface area contributed by atoms with Crippen molar-refractivity contribution < 1.29 is 14.7 Å². The zero-order valence-electron chi connectivity index (χ0n) is 15.9. The van der Waals surface area contributed by atoms with Crippen LogP contribution in [0.3, 0.4) is 0 Å². The number of phenolic OH excluding ortho intramolecular Hbond substituents is 1. The molecule has 30 heavy (non-hydrogen) atoms. The highest BCUT2D eigenvalue weighted by Crippen LogP contribution is 2.21. The van der Waals surface area contributed by atoms with E-state index < -0.39 is 5.91 Å². The van der Waals surface area contributed by atoms with Crippen LogP contribution in [-0.2, 0) is 17.8 Å². The van der Waals surface area contributed by atoms with E-state index in [-0.39, 0.29) is 30.2 Å². The zero-order chi connectivity index (χ0) is 21.5. The molecule has 3 rings (SSSR count). The van der Waals surface area contributed by atoms with Gasteiger partial charge in [0.25, 0.3) is 5.91 Å². The van der Waals surface area contributed by atoms with Crippen LogP contribution in [0.15, 0.2) is 66.7 Å². The van der Waals surface area contributed by atoms with Crippen molar-refractivity contribution in [3.8, 4) is 11.8 Å². The number of carbonyl (C=O) groups excluding carboxylic acids is 2. The summed E-state index contributed by atoms with van der Waals surface area (Å²) in [5, 5.41) is 24.5. The molecule has 0 atom stereocenters. The number of nitrogens with one attached hydrogen (secondary N) is 2. The molecule has 3 aromatic rings. The number of phenols is 1. The van der Waals surface area contributed by atoms with E-state index in [2.05, 4.69) is 10.6 Å². The van der Waals surface area contributed by atoms with Gasteiger partial charge in [0.1, 0.15) is 5.75 Å². The summed E-state index contributed by atoms with van der Waals surface area (Å²) >= 11 is 6.11. The van der Waals surface area contributed by atoms with E-state index in [1.807, 2.05) is 36.4 Å². The number of benzene rings is 3. The van der Waals surface area contributed by atoms with Crippen LogP contribution >= 0.6 is 11.6 Å². The second-order valence-electron chi connectivity index (χ2n) is 6.58. The van der Waals surface area contributed by atoms with Gasteiger partial charge in [-0.1, -0.05) is 48.0 Å². The lowest BCUT2D eigenvalue weighted by Gasteiger charge is -2.10. The number of hydrogen-bond acceptors (Lipinski definition) is 4. The minimum absolute atomic E-state index is 0.0680. The van der Waals surface area contributed by atoms with Crippen LogP contribution in [0.4, 0.5) is 5.69 Å². The molecule has 0 radical (unpaired) electrons. The van der Waals surface area contributed by atoms with E-state index in [1.54, 1.807) is 18.2 Å². The SMILES string of the molecule is N#Cc1ccc(CNC(=O)c2cc(Cl)cc(NC(=O)Cc3ccccc3)c2)c(O)c1. The molecule has 0 heterocycles. The summed E-state index contributed by atoms with van der Waals surface area (Å²) < 4.78 is 0. The standard InChI is InChI=1S/C23H18ClN3O3/c24-19-10-18(23(30)26-14-17-7-6-16(13-25)8-21(17)28)11-20(12-19)27-22(29)9-15-4-2-1-3-5-15/h1-8,10-12,28H,9,14H2,(H,26,30)(H,27,29). The van der Waals surface area contributed by atoms with Crippen molar-refractivity contribution in [1.29, 1.82) is 5.26 Å². The number of anilines is 1. The van der Waals surface area contributed by atoms with Gasteiger partial charge < -0.3 is 15.7 Å². The maximum absolute atomic E-state index is 12.5. The van der Waals surface area contributed by atoms with E-state index in [9.17, 15) is 14.7 Å². The summed E-state index contributed by atoms with van der Waals surface area (Å²) in [5.41, 5.74) is 2.35. The Morgan fingerprint density at radius 1 is 1.03 bits per heavy atom. The number of hydrogen-bond donors (Lipinski definition) is 3. The van der Waals surface area contributed by atoms with E-state index in [0.29, 0.717) is 21.8 Å². The highest BCUT2D eigenvalue weighted by Gasteiger charge is 2.12. The third-order valence-electron chi connectivity index (χ3n) is 4.31. The summed E-state index contributed by atoms with van der Waals surface area (Å²) in [4.78, 5) is 24.8. The predicted molar refractivity (Wildman–Crippen MR) is 114 cm³/mol. The molecule has 2 amide bonds. The first-order chi connectivity index (χ1) is 14.4. The molecule has 0 aliphatic rings. The molecule has 7 heteroatoms. The third-order valence-corrected chi connectivity index (χ3v) is 4.52. The summed E-state index contributed by atoms with van der Waals surface area (Å²) in [5.74, 6) is -0.716. The minimum Gasteiger partial charge on any atom is -0.508 e. The molecule has 6 nitrogen and oxygen atoms in total. The monoisotopic (exact) mass is 419 g/mol. The second-order valence-corrected chi connectivity index (χ2v) is 7.01. The second kappa shape index (κ2) is 9.59. The first kappa shape index (κ1) is 20.9. The molecule has 0 bridgehead atoms. The Morgan fingerprint density at radius 3 is 2.50 bits per heavy atom. The normalized spacial score (nSPS) is 10.1. The van der Waals surface area contributed by atoms with Crippen LogP contribution in [0, 0.1) is 11.3 Å². The van der Waals surface area contributed by atoms with Crippen LogP contribution in [0.5, 0.6) is 5.75 Å². The van der Waals surface area contributed by atoms with Gasteiger partial charge in [0, 0.05) is 28.4 Å². The van der Waals surface area contributed by atoms with Gasteiger partial charge in [0.05, 0.1) is 18.1 Å². The first-order valence-electron chi connectivity index (χ1n) is 9.09.